The second-order valence-electron chi connectivity index (χ2n) is 6.62. The van der Waals surface area contributed by atoms with Gasteiger partial charge in [-0.3, -0.25) is 9.69 Å². The number of halogens is 4. The number of hydrogen-bond donors (Lipinski definition) is 1. The van der Waals surface area contributed by atoms with E-state index in [0.717, 1.165) is 12.1 Å². The fourth-order valence-electron chi connectivity index (χ4n) is 2.35. The number of anilines is 1. The Morgan fingerprint density at radius 3 is 2.70 bits per heavy atom. The predicted molar refractivity (Wildman–Crippen MR) is 94.3 cm³/mol. The van der Waals surface area contributed by atoms with Crippen LogP contribution in [0, 0.1) is 5.92 Å². The number of alkyl halides is 3. The molecule has 0 unspecified atom stereocenters. The number of rotatable bonds is 7. The Bertz CT molecular complexity index is 793. The number of amides is 1. The van der Waals surface area contributed by atoms with Crippen LogP contribution in [0.1, 0.15) is 31.1 Å². The van der Waals surface area contributed by atoms with Crippen LogP contribution in [0.15, 0.2) is 22.7 Å². The van der Waals surface area contributed by atoms with Crippen molar-refractivity contribution in [2.24, 2.45) is 5.92 Å². The van der Waals surface area contributed by atoms with Gasteiger partial charge in [0, 0.05) is 12.1 Å². The standard InChI is InChI=1S/C17H20ClF3N4O2/c1-10(2)6-16-23-14(24-27-16)8-25(3)9-15(26)22-11-4-5-13(18)12(7-11)17(19,20)21/h4-5,7,10H,6,8-9H2,1-3H3,(H,22,26). The molecule has 2 aromatic rings. The number of likely N-dealkylation sites (N-methyl/N-ethyl adjacent to an activating group) is 1. The molecule has 1 N–H and O–H groups in total. The molecule has 0 bridgehead atoms. The van der Waals surface area contributed by atoms with Crippen LogP contribution < -0.4 is 5.32 Å². The zero-order valence-corrected chi connectivity index (χ0v) is 15.9. The van der Waals surface area contributed by atoms with Crippen molar-refractivity contribution in [2.75, 3.05) is 18.9 Å². The van der Waals surface area contributed by atoms with E-state index in [0.29, 0.717) is 24.1 Å². The average molecular weight is 405 g/mol. The Balaban J connectivity index is 1.92. The maximum Gasteiger partial charge on any atom is 0.417 e. The Morgan fingerprint density at radius 2 is 2.07 bits per heavy atom. The Morgan fingerprint density at radius 1 is 1.37 bits per heavy atom. The first-order chi connectivity index (χ1) is 12.5. The van der Waals surface area contributed by atoms with Crippen LogP contribution in [0.3, 0.4) is 0 Å². The molecule has 0 saturated carbocycles. The maximum absolute atomic E-state index is 12.9. The van der Waals surface area contributed by atoms with Gasteiger partial charge in [0.25, 0.3) is 0 Å². The maximum atomic E-state index is 12.9. The minimum Gasteiger partial charge on any atom is -0.339 e. The van der Waals surface area contributed by atoms with Gasteiger partial charge in [-0.05, 0) is 31.2 Å². The zero-order chi connectivity index (χ0) is 20.2. The molecule has 0 aliphatic carbocycles. The molecule has 0 radical (unpaired) electrons. The molecule has 1 aromatic carbocycles. The molecule has 6 nitrogen and oxygen atoms in total. The van der Waals surface area contributed by atoms with Crippen LogP contribution in [0.4, 0.5) is 18.9 Å². The van der Waals surface area contributed by atoms with Crippen LogP contribution in [-0.4, -0.2) is 34.5 Å². The summed E-state index contributed by atoms with van der Waals surface area (Å²) < 4.78 is 43.7. The van der Waals surface area contributed by atoms with Gasteiger partial charge in [-0.1, -0.05) is 30.6 Å². The van der Waals surface area contributed by atoms with Gasteiger partial charge in [-0.2, -0.15) is 18.2 Å². The summed E-state index contributed by atoms with van der Waals surface area (Å²) in [6, 6.07) is 3.21. The Hall–Kier alpha value is -2.13. The highest BCUT2D eigenvalue weighted by Crippen LogP contribution is 2.36. The van der Waals surface area contributed by atoms with Gasteiger partial charge in [-0.25, -0.2) is 0 Å². The zero-order valence-electron chi connectivity index (χ0n) is 15.1. The van der Waals surface area contributed by atoms with Crippen molar-refractivity contribution in [3.63, 3.8) is 0 Å². The quantitative estimate of drug-likeness (QED) is 0.755. The number of benzene rings is 1. The molecule has 0 saturated heterocycles. The number of aromatic nitrogens is 2. The lowest BCUT2D eigenvalue weighted by atomic mass is 10.1. The molecule has 10 heteroatoms. The molecule has 1 amide bonds. The fraction of sp³-hybridized carbons (Fsp3) is 0.471. The molecule has 1 heterocycles. The summed E-state index contributed by atoms with van der Waals surface area (Å²) in [5.74, 6) is 0.868. The van der Waals surface area contributed by atoms with E-state index in [4.69, 9.17) is 16.1 Å². The number of nitrogens with zero attached hydrogens (tertiary/aromatic N) is 3. The van der Waals surface area contributed by atoms with Crippen molar-refractivity contribution in [3.05, 3.63) is 40.5 Å². The van der Waals surface area contributed by atoms with Crippen molar-refractivity contribution in [1.82, 2.24) is 15.0 Å². The lowest BCUT2D eigenvalue weighted by molar-refractivity contribution is -0.137. The second kappa shape index (κ2) is 8.71. The minimum atomic E-state index is -4.60. The molecule has 1 aromatic heterocycles. The summed E-state index contributed by atoms with van der Waals surface area (Å²) in [5, 5.41) is 5.85. The van der Waals surface area contributed by atoms with Crippen molar-refractivity contribution in [2.45, 2.75) is 33.0 Å². The first-order valence-electron chi connectivity index (χ1n) is 8.21. The molecule has 27 heavy (non-hydrogen) atoms. The smallest absolute Gasteiger partial charge is 0.339 e. The summed E-state index contributed by atoms with van der Waals surface area (Å²) in [6.45, 7) is 4.27. The largest absolute Gasteiger partial charge is 0.417 e. The summed E-state index contributed by atoms with van der Waals surface area (Å²) in [5.41, 5.74) is -0.983. The van der Waals surface area contributed by atoms with E-state index < -0.39 is 22.7 Å². The van der Waals surface area contributed by atoms with Crippen LogP contribution in [0.25, 0.3) is 0 Å². The van der Waals surface area contributed by atoms with E-state index in [1.54, 1.807) is 11.9 Å². The molecule has 0 spiro atoms. The molecule has 0 aliphatic heterocycles. The van der Waals surface area contributed by atoms with Gasteiger partial charge >= 0.3 is 6.18 Å². The van der Waals surface area contributed by atoms with Crippen LogP contribution in [0.5, 0.6) is 0 Å². The fourth-order valence-corrected chi connectivity index (χ4v) is 2.57. The van der Waals surface area contributed by atoms with E-state index in [9.17, 15) is 18.0 Å². The number of carbonyl (C=O) groups is 1. The van der Waals surface area contributed by atoms with Gasteiger partial charge in [0.2, 0.25) is 11.8 Å². The van der Waals surface area contributed by atoms with E-state index >= 15 is 0 Å². The third-order valence-corrected chi connectivity index (χ3v) is 3.80. The van der Waals surface area contributed by atoms with Crippen LogP contribution in [0.2, 0.25) is 5.02 Å². The average Bonchev–Trinajstić information content (AvgIpc) is 2.93. The van der Waals surface area contributed by atoms with E-state index in [-0.39, 0.29) is 18.8 Å². The second-order valence-corrected chi connectivity index (χ2v) is 7.02. The van der Waals surface area contributed by atoms with Gasteiger partial charge < -0.3 is 9.84 Å². The van der Waals surface area contributed by atoms with Gasteiger partial charge in [0.1, 0.15) is 0 Å². The molecule has 148 valence electrons. The lowest BCUT2D eigenvalue weighted by Crippen LogP contribution is -2.30. The van der Waals surface area contributed by atoms with E-state index in [2.05, 4.69) is 15.5 Å². The van der Waals surface area contributed by atoms with E-state index in [1.807, 2.05) is 13.8 Å². The molecular weight excluding hydrogens is 385 g/mol. The van der Waals surface area contributed by atoms with Crippen LogP contribution in [-0.2, 0) is 23.9 Å². The van der Waals surface area contributed by atoms with Gasteiger partial charge in [-0.15, -0.1) is 0 Å². The summed E-state index contributed by atoms with van der Waals surface area (Å²) in [4.78, 5) is 17.9. The van der Waals surface area contributed by atoms with Gasteiger partial charge in [0.05, 0.1) is 23.7 Å². The monoisotopic (exact) mass is 404 g/mol. The van der Waals surface area contributed by atoms with E-state index in [1.165, 1.54) is 6.07 Å². The summed E-state index contributed by atoms with van der Waals surface area (Å²) in [7, 11) is 1.67. The van der Waals surface area contributed by atoms with Crippen molar-refractivity contribution < 1.29 is 22.5 Å². The number of carbonyl (C=O) groups excluding carboxylic acids is 1. The highest BCUT2D eigenvalue weighted by Gasteiger charge is 2.33. The molecule has 0 atom stereocenters. The number of hydrogen-bond acceptors (Lipinski definition) is 5. The third-order valence-electron chi connectivity index (χ3n) is 3.47. The lowest BCUT2D eigenvalue weighted by Gasteiger charge is -2.15. The third kappa shape index (κ3) is 6.51. The summed E-state index contributed by atoms with van der Waals surface area (Å²) in [6.07, 6.45) is -3.93. The summed E-state index contributed by atoms with van der Waals surface area (Å²) >= 11 is 5.56. The Labute approximate surface area is 159 Å². The van der Waals surface area contributed by atoms with Crippen LogP contribution >= 0.6 is 11.6 Å². The van der Waals surface area contributed by atoms with Crippen molar-refractivity contribution in [1.29, 1.82) is 0 Å². The predicted octanol–water partition coefficient (Wildman–Crippen LogP) is 4.01. The molecule has 0 fully saturated rings. The Kier molecular flexibility index (Phi) is 6.83. The topological polar surface area (TPSA) is 71.3 Å². The molecule has 2 rings (SSSR count). The first-order valence-corrected chi connectivity index (χ1v) is 8.59. The van der Waals surface area contributed by atoms with Crippen molar-refractivity contribution >= 4 is 23.2 Å². The highest BCUT2D eigenvalue weighted by molar-refractivity contribution is 6.31. The normalized spacial score (nSPS) is 12.0. The molecular formula is C17H20ClF3N4O2. The van der Waals surface area contributed by atoms with Crippen molar-refractivity contribution in [3.8, 4) is 0 Å². The number of nitrogens with one attached hydrogen (secondary N) is 1. The molecule has 0 aliphatic rings. The highest BCUT2D eigenvalue weighted by atomic mass is 35.5. The first kappa shape index (κ1) is 21.2. The van der Waals surface area contributed by atoms with Gasteiger partial charge in [0.15, 0.2) is 5.82 Å². The minimum absolute atomic E-state index is 0.0175. The SMILES string of the molecule is CC(C)Cc1nc(CN(C)CC(=O)Nc2ccc(Cl)c(C(F)(F)F)c2)no1.